The van der Waals surface area contributed by atoms with E-state index in [2.05, 4.69) is 10.1 Å². The van der Waals surface area contributed by atoms with Crippen molar-refractivity contribution in [3.63, 3.8) is 0 Å². The van der Waals surface area contributed by atoms with E-state index >= 15 is 4.39 Å². The molecule has 4 aromatic carbocycles. The third-order valence-corrected chi connectivity index (χ3v) is 7.69. The predicted molar refractivity (Wildman–Crippen MR) is 146 cm³/mol. The van der Waals surface area contributed by atoms with Gasteiger partial charge in [-0.1, -0.05) is 42.5 Å². The van der Waals surface area contributed by atoms with Gasteiger partial charge in [-0.3, -0.25) is 4.79 Å². The summed E-state index contributed by atoms with van der Waals surface area (Å²) in [4.78, 5) is 13.3. The molecule has 0 aliphatic heterocycles. The van der Waals surface area contributed by atoms with Gasteiger partial charge in [0.05, 0.1) is 11.0 Å². The topological polar surface area (TPSA) is 38.3 Å². The molecular weight excluding hydrogens is 632 g/mol. The first-order valence-corrected chi connectivity index (χ1v) is 13.8. The zero-order valence-corrected chi connectivity index (χ0v) is 23.5. The highest BCUT2D eigenvalue weighted by Crippen LogP contribution is 2.46. The number of ether oxygens (including phenoxy) is 1. The molecule has 4 aromatic rings. The minimum absolute atomic E-state index is 0.167. The molecular formula is C33H23F10NO2. The van der Waals surface area contributed by atoms with Crippen LogP contribution in [0.25, 0.3) is 0 Å². The number of carbonyl (C=O) groups is 1. The Labute approximate surface area is 255 Å². The highest BCUT2D eigenvalue weighted by molar-refractivity contribution is 5.94. The van der Waals surface area contributed by atoms with Crippen LogP contribution in [0.5, 0.6) is 5.75 Å². The van der Waals surface area contributed by atoms with Gasteiger partial charge in [-0.2, -0.15) is 30.7 Å². The van der Waals surface area contributed by atoms with E-state index in [0.29, 0.717) is 31.0 Å². The standard InChI is InChI=1S/C33H23F10NO2/c34-23-13-22(14-24(16-23)46-33(42,43)30(37)38)31(20-4-2-1-3-5-20,21-9-11-27(35)25(15-21)18-6-7-18)17-44-29(45)19-8-10-28(36)26(12-19)32(39,40)41/h1-5,8-16,18,30H,6-7,17H2,(H,44,45). The third kappa shape index (κ3) is 6.68. The molecule has 0 saturated heterocycles. The number of benzene rings is 4. The molecule has 242 valence electrons. The summed E-state index contributed by atoms with van der Waals surface area (Å²) < 4.78 is 142. The number of hydrogen-bond acceptors (Lipinski definition) is 2. The summed E-state index contributed by atoms with van der Waals surface area (Å²) >= 11 is 0. The van der Waals surface area contributed by atoms with Gasteiger partial charge in [0.1, 0.15) is 23.2 Å². The van der Waals surface area contributed by atoms with E-state index < -0.39 is 70.9 Å². The van der Waals surface area contributed by atoms with E-state index in [1.54, 1.807) is 18.2 Å². The van der Waals surface area contributed by atoms with Gasteiger partial charge >= 0.3 is 18.7 Å². The summed E-state index contributed by atoms with van der Waals surface area (Å²) in [6.07, 6.45) is -13.1. The minimum Gasteiger partial charge on any atom is -0.428 e. The summed E-state index contributed by atoms with van der Waals surface area (Å²) in [6, 6.07) is 15.4. The van der Waals surface area contributed by atoms with Crippen molar-refractivity contribution >= 4 is 5.91 Å². The number of amides is 1. The van der Waals surface area contributed by atoms with Crippen LogP contribution in [0.1, 0.15) is 56.9 Å². The molecule has 0 aromatic heterocycles. The first kappa shape index (κ1) is 32.8. The average molecular weight is 656 g/mol. The molecule has 1 saturated carbocycles. The Kier molecular flexibility index (Phi) is 8.80. The molecule has 1 fully saturated rings. The van der Waals surface area contributed by atoms with Crippen LogP contribution < -0.4 is 10.1 Å². The molecule has 13 heteroatoms. The molecule has 1 atom stereocenters. The summed E-state index contributed by atoms with van der Waals surface area (Å²) in [5.74, 6) is -5.66. The normalized spacial score (nSPS) is 15.0. The molecule has 1 N–H and O–H groups in total. The SMILES string of the molecule is O=C(NCC(c1ccccc1)(c1cc(F)cc(OC(F)(F)C(F)F)c1)c1ccc(F)c(C2CC2)c1)c1ccc(F)c(C(F)(F)F)c1. The molecule has 0 spiro atoms. The van der Waals surface area contributed by atoms with Gasteiger partial charge in [-0.05, 0) is 77.4 Å². The quantitative estimate of drug-likeness (QED) is 0.137. The Morgan fingerprint density at radius 2 is 1.46 bits per heavy atom. The van der Waals surface area contributed by atoms with Crippen LogP contribution in [-0.4, -0.2) is 25.0 Å². The van der Waals surface area contributed by atoms with Crippen molar-refractivity contribution in [1.29, 1.82) is 0 Å². The second kappa shape index (κ2) is 12.3. The highest BCUT2D eigenvalue weighted by atomic mass is 19.4. The molecule has 1 aliphatic carbocycles. The number of carbonyl (C=O) groups excluding carboxylic acids is 1. The van der Waals surface area contributed by atoms with Crippen molar-refractivity contribution in [3.8, 4) is 5.75 Å². The maximum Gasteiger partial charge on any atom is 0.461 e. The number of hydrogen-bond donors (Lipinski definition) is 1. The van der Waals surface area contributed by atoms with Crippen LogP contribution in [0.2, 0.25) is 0 Å². The zero-order valence-electron chi connectivity index (χ0n) is 23.5. The van der Waals surface area contributed by atoms with Crippen molar-refractivity contribution in [2.45, 2.75) is 42.9 Å². The predicted octanol–water partition coefficient (Wildman–Crippen LogP) is 9.00. The van der Waals surface area contributed by atoms with E-state index in [0.717, 1.165) is 24.3 Å². The van der Waals surface area contributed by atoms with Gasteiger partial charge in [0, 0.05) is 18.2 Å². The lowest BCUT2D eigenvalue weighted by molar-refractivity contribution is -0.253. The Bertz CT molecular complexity index is 1740. The van der Waals surface area contributed by atoms with Crippen LogP contribution in [0.3, 0.4) is 0 Å². The van der Waals surface area contributed by atoms with E-state index in [1.807, 2.05) is 0 Å². The Morgan fingerprint density at radius 1 is 0.783 bits per heavy atom. The largest absolute Gasteiger partial charge is 0.461 e. The van der Waals surface area contributed by atoms with Crippen LogP contribution in [0, 0.1) is 17.5 Å². The molecule has 0 radical (unpaired) electrons. The first-order valence-electron chi connectivity index (χ1n) is 13.8. The number of alkyl halides is 7. The van der Waals surface area contributed by atoms with Crippen LogP contribution in [0.4, 0.5) is 43.9 Å². The molecule has 1 aliphatic rings. The van der Waals surface area contributed by atoms with Crippen molar-refractivity contribution in [2.75, 3.05) is 6.54 Å². The van der Waals surface area contributed by atoms with Crippen molar-refractivity contribution in [3.05, 3.63) is 136 Å². The maximum absolute atomic E-state index is 15.1. The van der Waals surface area contributed by atoms with Crippen LogP contribution in [-0.2, 0) is 11.6 Å². The fourth-order valence-electron chi connectivity index (χ4n) is 5.31. The fraction of sp³-hybridized carbons (Fsp3) is 0.242. The number of halogens is 10. The second-order valence-corrected chi connectivity index (χ2v) is 10.8. The minimum atomic E-state index is -5.13. The lowest BCUT2D eigenvalue weighted by atomic mass is 9.68. The van der Waals surface area contributed by atoms with Crippen molar-refractivity contribution < 1.29 is 53.4 Å². The molecule has 46 heavy (non-hydrogen) atoms. The number of rotatable bonds is 10. The van der Waals surface area contributed by atoms with E-state index in [9.17, 15) is 44.3 Å². The zero-order chi connectivity index (χ0) is 33.4. The van der Waals surface area contributed by atoms with Crippen LogP contribution in [0.15, 0.2) is 84.9 Å². The van der Waals surface area contributed by atoms with Gasteiger partial charge < -0.3 is 10.1 Å². The summed E-state index contributed by atoms with van der Waals surface area (Å²) in [6.45, 7) is -0.599. The number of nitrogens with one attached hydrogen (secondary N) is 1. The van der Waals surface area contributed by atoms with Crippen molar-refractivity contribution in [2.24, 2.45) is 0 Å². The molecule has 5 rings (SSSR count). The van der Waals surface area contributed by atoms with Gasteiger partial charge in [0.25, 0.3) is 5.91 Å². The second-order valence-electron chi connectivity index (χ2n) is 10.8. The van der Waals surface area contributed by atoms with Gasteiger partial charge in [0.15, 0.2) is 0 Å². The molecule has 3 nitrogen and oxygen atoms in total. The van der Waals surface area contributed by atoms with Crippen molar-refractivity contribution in [1.82, 2.24) is 5.32 Å². The van der Waals surface area contributed by atoms with E-state index in [1.165, 1.54) is 24.3 Å². The Morgan fingerprint density at radius 3 is 2.09 bits per heavy atom. The average Bonchev–Trinajstić information content (AvgIpc) is 3.83. The Hall–Kier alpha value is -4.55. The third-order valence-electron chi connectivity index (χ3n) is 7.69. The summed E-state index contributed by atoms with van der Waals surface area (Å²) in [7, 11) is 0. The monoisotopic (exact) mass is 655 g/mol. The summed E-state index contributed by atoms with van der Waals surface area (Å²) in [5.41, 5.74) is -3.54. The smallest absolute Gasteiger partial charge is 0.428 e. The molecule has 0 heterocycles. The van der Waals surface area contributed by atoms with Crippen LogP contribution >= 0.6 is 0 Å². The molecule has 1 amide bonds. The van der Waals surface area contributed by atoms with Gasteiger partial charge in [-0.25, -0.2) is 13.2 Å². The molecule has 0 bridgehead atoms. The first-order chi connectivity index (χ1) is 21.6. The lowest BCUT2D eigenvalue weighted by Gasteiger charge is -2.37. The molecule has 1 unspecified atom stereocenters. The highest BCUT2D eigenvalue weighted by Gasteiger charge is 2.45. The van der Waals surface area contributed by atoms with Gasteiger partial charge in [0.2, 0.25) is 0 Å². The van der Waals surface area contributed by atoms with E-state index in [4.69, 9.17) is 0 Å². The summed E-state index contributed by atoms with van der Waals surface area (Å²) in [5, 5.41) is 2.46. The fourth-order valence-corrected chi connectivity index (χ4v) is 5.31. The Balaban J connectivity index is 1.69. The maximum atomic E-state index is 15.1. The van der Waals surface area contributed by atoms with Gasteiger partial charge in [-0.15, -0.1) is 0 Å². The lowest BCUT2D eigenvalue weighted by Crippen LogP contribution is -2.43. The van der Waals surface area contributed by atoms with E-state index in [-0.39, 0.29) is 28.2 Å².